The lowest BCUT2D eigenvalue weighted by molar-refractivity contribution is -0.149. The van der Waals surface area contributed by atoms with Gasteiger partial charge in [0, 0.05) is 0 Å². The Morgan fingerprint density at radius 3 is 2.57 bits per heavy atom. The van der Waals surface area contributed by atoms with Crippen molar-refractivity contribution in [3.63, 3.8) is 0 Å². The summed E-state index contributed by atoms with van der Waals surface area (Å²) in [5.74, 6) is 4.19. The third-order valence-corrected chi connectivity index (χ3v) is 1.81. The Labute approximate surface area is 85.5 Å². The van der Waals surface area contributed by atoms with Crippen LogP contribution >= 0.6 is 0 Å². The number of hydrogen-bond donors (Lipinski definition) is 1. The molecule has 0 heterocycles. The van der Waals surface area contributed by atoms with Crippen molar-refractivity contribution in [1.29, 1.82) is 0 Å². The van der Waals surface area contributed by atoms with Crippen molar-refractivity contribution in [2.45, 2.75) is 39.7 Å². The van der Waals surface area contributed by atoms with E-state index < -0.39 is 18.0 Å². The Bertz CT molecular complexity index is 224. The smallest absolute Gasteiger partial charge is 0.323 e. The molecule has 0 aromatic heterocycles. The van der Waals surface area contributed by atoms with Gasteiger partial charge in [-0.05, 0) is 20.3 Å². The zero-order chi connectivity index (χ0) is 11.0. The molecule has 14 heavy (non-hydrogen) atoms. The van der Waals surface area contributed by atoms with Gasteiger partial charge in [-0.25, -0.2) is 0 Å². The molecule has 0 aromatic carbocycles. The van der Waals surface area contributed by atoms with Crippen molar-refractivity contribution < 1.29 is 14.6 Å². The lowest BCUT2D eigenvalue weighted by Crippen LogP contribution is -2.28. The van der Waals surface area contributed by atoms with E-state index in [2.05, 4.69) is 11.8 Å². The largest absolute Gasteiger partial charge is 0.465 e. The summed E-state index contributed by atoms with van der Waals surface area (Å²) in [6.45, 7) is 5.65. The second kappa shape index (κ2) is 7.40. The molecular formula is C11H18O3. The number of hydrogen-bond acceptors (Lipinski definition) is 3. The summed E-state index contributed by atoms with van der Waals surface area (Å²) < 4.78 is 4.82. The van der Waals surface area contributed by atoms with Gasteiger partial charge in [-0.1, -0.05) is 19.3 Å². The first-order chi connectivity index (χ1) is 6.67. The number of rotatable bonds is 5. The Kier molecular flexibility index (Phi) is 6.87. The van der Waals surface area contributed by atoms with Crippen molar-refractivity contribution in [2.24, 2.45) is 5.92 Å². The Hall–Kier alpha value is -1.01. The number of ether oxygens (including phenoxy) is 1. The van der Waals surface area contributed by atoms with Crippen molar-refractivity contribution in [2.75, 3.05) is 6.61 Å². The van der Waals surface area contributed by atoms with Gasteiger partial charge in [-0.2, -0.15) is 0 Å². The molecule has 1 N–H and O–H groups in total. The van der Waals surface area contributed by atoms with E-state index >= 15 is 0 Å². The maximum Gasteiger partial charge on any atom is 0.323 e. The molecule has 3 heteroatoms. The van der Waals surface area contributed by atoms with E-state index in [1.807, 2.05) is 6.92 Å². The van der Waals surface area contributed by atoms with Crippen LogP contribution in [0.5, 0.6) is 0 Å². The molecule has 3 nitrogen and oxygen atoms in total. The van der Waals surface area contributed by atoms with Crippen LogP contribution in [-0.2, 0) is 9.53 Å². The summed E-state index contributed by atoms with van der Waals surface area (Å²) in [6.07, 6.45) is 0.673. The number of carbonyl (C=O) groups excluding carboxylic acids is 1. The first-order valence-electron chi connectivity index (χ1n) is 4.94. The summed E-state index contributed by atoms with van der Waals surface area (Å²) in [6, 6.07) is 0. The highest BCUT2D eigenvalue weighted by Gasteiger charge is 2.25. The molecule has 0 aliphatic carbocycles. The lowest BCUT2D eigenvalue weighted by atomic mass is 9.99. The van der Waals surface area contributed by atoms with E-state index in [4.69, 9.17) is 4.74 Å². The predicted molar refractivity (Wildman–Crippen MR) is 54.5 cm³/mol. The number of aliphatic hydroxyl groups excluding tert-OH is 1. The molecule has 2 unspecified atom stereocenters. The van der Waals surface area contributed by atoms with Crippen LogP contribution in [0.2, 0.25) is 0 Å². The van der Waals surface area contributed by atoms with Crippen LogP contribution in [0.15, 0.2) is 0 Å². The van der Waals surface area contributed by atoms with E-state index in [1.54, 1.807) is 13.8 Å². The fraction of sp³-hybridized carbons (Fsp3) is 0.727. The highest BCUT2D eigenvalue weighted by atomic mass is 16.5. The third kappa shape index (κ3) is 4.29. The SMILES string of the molecule is CC#CC(C(=O)OCC)C(O)CCC. The minimum absolute atomic E-state index is 0.319. The monoisotopic (exact) mass is 198 g/mol. The Morgan fingerprint density at radius 1 is 1.50 bits per heavy atom. The molecule has 0 bridgehead atoms. The molecule has 0 radical (unpaired) electrons. The van der Waals surface area contributed by atoms with E-state index in [1.165, 1.54) is 0 Å². The summed E-state index contributed by atoms with van der Waals surface area (Å²) >= 11 is 0. The van der Waals surface area contributed by atoms with Crippen LogP contribution in [0, 0.1) is 17.8 Å². The fourth-order valence-electron chi connectivity index (χ4n) is 1.16. The molecule has 0 amide bonds. The standard InChI is InChI=1S/C11H18O3/c1-4-7-9(10(12)8-5-2)11(13)14-6-3/h9-10,12H,5-6,8H2,1-3H3. The maximum atomic E-state index is 11.4. The van der Waals surface area contributed by atoms with E-state index in [-0.39, 0.29) is 0 Å². The van der Waals surface area contributed by atoms with E-state index in [9.17, 15) is 9.90 Å². The van der Waals surface area contributed by atoms with Crippen molar-refractivity contribution in [1.82, 2.24) is 0 Å². The molecule has 0 saturated heterocycles. The lowest BCUT2D eigenvalue weighted by Gasteiger charge is -2.15. The van der Waals surface area contributed by atoms with Gasteiger partial charge in [-0.3, -0.25) is 4.79 Å². The minimum atomic E-state index is -0.716. The van der Waals surface area contributed by atoms with E-state index in [0.717, 1.165) is 6.42 Å². The van der Waals surface area contributed by atoms with Crippen LogP contribution in [0.25, 0.3) is 0 Å². The van der Waals surface area contributed by atoms with Gasteiger partial charge in [0.15, 0.2) is 0 Å². The zero-order valence-corrected chi connectivity index (χ0v) is 9.04. The van der Waals surface area contributed by atoms with Gasteiger partial charge in [0.25, 0.3) is 0 Å². The van der Waals surface area contributed by atoms with Gasteiger partial charge >= 0.3 is 5.97 Å². The second-order valence-corrected chi connectivity index (χ2v) is 2.98. The average molecular weight is 198 g/mol. The fourth-order valence-corrected chi connectivity index (χ4v) is 1.16. The highest BCUT2D eigenvalue weighted by molar-refractivity contribution is 5.76. The van der Waals surface area contributed by atoms with Gasteiger partial charge in [0.05, 0.1) is 12.7 Å². The quantitative estimate of drug-likeness (QED) is 0.536. The summed E-state index contributed by atoms with van der Waals surface area (Å²) in [4.78, 5) is 11.4. The van der Waals surface area contributed by atoms with Crippen molar-refractivity contribution in [3.8, 4) is 11.8 Å². The Morgan fingerprint density at radius 2 is 2.14 bits per heavy atom. The van der Waals surface area contributed by atoms with Crippen LogP contribution in [0.1, 0.15) is 33.6 Å². The molecule has 80 valence electrons. The summed E-state index contributed by atoms with van der Waals surface area (Å²) in [5, 5.41) is 9.63. The van der Waals surface area contributed by atoms with E-state index in [0.29, 0.717) is 13.0 Å². The van der Waals surface area contributed by atoms with Gasteiger partial charge < -0.3 is 9.84 Å². The second-order valence-electron chi connectivity index (χ2n) is 2.98. The average Bonchev–Trinajstić information content (AvgIpc) is 2.14. The first kappa shape index (κ1) is 13.0. The zero-order valence-electron chi connectivity index (χ0n) is 9.04. The molecule has 0 fully saturated rings. The summed E-state index contributed by atoms with van der Waals surface area (Å²) in [7, 11) is 0. The molecule has 0 rings (SSSR count). The van der Waals surface area contributed by atoms with Crippen LogP contribution < -0.4 is 0 Å². The number of esters is 1. The van der Waals surface area contributed by atoms with Crippen LogP contribution in [0.4, 0.5) is 0 Å². The Balaban J connectivity index is 4.39. The first-order valence-corrected chi connectivity index (χ1v) is 4.94. The highest BCUT2D eigenvalue weighted by Crippen LogP contribution is 2.11. The minimum Gasteiger partial charge on any atom is -0.465 e. The van der Waals surface area contributed by atoms with Crippen LogP contribution in [0.3, 0.4) is 0 Å². The number of aliphatic hydroxyl groups is 1. The topological polar surface area (TPSA) is 46.5 Å². The maximum absolute atomic E-state index is 11.4. The van der Waals surface area contributed by atoms with Crippen molar-refractivity contribution in [3.05, 3.63) is 0 Å². The molecule has 0 aliphatic rings. The predicted octanol–water partition coefficient (Wildman–Crippen LogP) is 1.35. The normalized spacial score (nSPS) is 13.7. The summed E-state index contributed by atoms with van der Waals surface area (Å²) in [5.41, 5.74) is 0. The van der Waals surface area contributed by atoms with Crippen LogP contribution in [-0.4, -0.2) is 23.8 Å². The van der Waals surface area contributed by atoms with Gasteiger partial charge in [0.1, 0.15) is 5.92 Å². The molecule has 0 aromatic rings. The van der Waals surface area contributed by atoms with Gasteiger partial charge in [-0.15, -0.1) is 5.92 Å². The van der Waals surface area contributed by atoms with Gasteiger partial charge in [0.2, 0.25) is 0 Å². The molecule has 0 saturated carbocycles. The number of carbonyl (C=O) groups is 1. The molecule has 0 spiro atoms. The molecule has 2 atom stereocenters. The third-order valence-electron chi connectivity index (χ3n) is 1.81. The van der Waals surface area contributed by atoms with Crippen molar-refractivity contribution >= 4 is 5.97 Å². The molecular weight excluding hydrogens is 180 g/mol. The molecule has 0 aliphatic heterocycles.